The monoisotopic (exact) mass is 324 g/mol. The summed E-state index contributed by atoms with van der Waals surface area (Å²) in [5.74, 6) is 0.151. The molecular formula is C16H24N2O3S. The van der Waals surface area contributed by atoms with Gasteiger partial charge in [0.15, 0.2) is 9.84 Å². The highest BCUT2D eigenvalue weighted by molar-refractivity contribution is 7.91. The van der Waals surface area contributed by atoms with E-state index in [9.17, 15) is 13.2 Å². The van der Waals surface area contributed by atoms with E-state index in [0.717, 1.165) is 6.54 Å². The molecule has 0 bridgehead atoms. The van der Waals surface area contributed by atoms with Crippen molar-refractivity contribution in [1.82, 2.24) is 10.2 Å². The summed E-state index contributed by atoms with van der Waals surface area (Å²) in [6.45, 7) is 5.84. The maximum Gasteiger partial charge on any atom is 0.234 e. The molecule has 1 aliphatic rings. The Labute approximate surface area is 132 Å². The minimum Gasteiger partial charge on any atom is -0.351 e. The van der Waals surface area contributed by atoms with Crippen LogP contribution in [0.2, 0.25) is 0 Å². The van der Waals surface area contributed by atoms with Crippen molar-refractivity contribution in [2.24, 2.45) is 0 Å². The Kier molecular flexibility index (Phi) is 5.58. The van der Waals surface area contributed by atoms with Crippen molar-refractivity contribution in [3.8, 4) is 0 Å². The lowest BCUT2D eigenvalue weighted by Crippen LogP contribution is -2.42. The van der Waals surface area contributed by atoms with Crippen molar-refractivity contribution >= 4 is 15.7 Å². The Hall–Kier alpha value is -1.40. The lowest BCUT2D eigenvalue weighted by atomic mass is 10.1. The number of nitrogens with zero attached hydrogens (tertiary/aromatic N) is 1. The van der Waals surface area contributed by atoms with E-state index >= 15 is 0 Å². The maximum absolute atomic E-state index is 12.1. The van der Waals surface area contributed by atoms with E-state index in [4.69, 9.17) is 0 Å². The highest BCUT2D eigenvalue weighted by Gasteiger charge is 2.29. The van der Waals surface area contributed by atoms with Crippen LogP contribution >= 0.6 is 0 Å². The first-order chi connectivity index (χ1) is 10.4. The summed E-state index contributed by atoms with van der Waals surface area (Å²) in [5, 5.41) is 2.84. The van der Waals surface area contributed by atoms with Gasteiger partial charge in [-0.15, -0.1) is 0 Å². The van der Waals surface area contributed by atoms with Crippen LogP contribution in [-0.4, -0.2) is 49.9 Å². The van der Waals surface area contributed by atoms with Crippen LogP contribution in [0.4, 0.5) is 0 Å². The van der Waals surface area contributed by atoms with Gasteiger partial charge >= 0.3 is 0 Å². The third kappa shape index (κ3) is 5.10. The number of rotatable bonds is 6. The molecule has 0 aliphatic carbocycles. The number of carbonyl (C=O) groups excluding carboxylic acids is 1. The second-order valence-corrected chi connectivity index (χ2v) is 8.19. The van der Waals surface area contributed by atoms with Gasteiger partial charge in [-0.05, 0) is 25.5 Å². The number of aryl methyl sites for hydroxylation is 1. The summed E-state index contributed by atoms with van der Waals surface area (Å²) in [7, 11) is -2.96. The van der Waals surface area contributed by atoms with Gasteiger partial charge in [0, 0.05) is 12.6 Å². The molecule has 122 valence electrons. The minimum atomic E-state index is -2.96. The normalized spacial score (nSPS) is 20.2. The van der Waals surface area contributed by atoms with Crippen LogP contribution < -0.4 is 5.32 Å². The quantitative estimate of drug-likeness (QED) is 0.851. The van der Waals surface area contributed by atoms with Crippen molar-refractivity contribution < 1.29 is 13.2 Å². The van der Waals surface area contributed by atoms with E-state index < -0.39 is 9.84 Å². The molecule has 1 atom stereocenters. The molecule has 5 nitrogen and oxygen atoms in total. The van der Waals surface area contributed by atoms with Crippen LogP contribution in [0.1, 0.15) is 24.5 Å². The van der Waals surface area contributed by atoms with Crippen LogP contribution in [0.25, 0.3) is 0 Å². The van der Waals surface area contributed by atoms with Crippen molar-refractivity contribution in [1.29, 1.82) is 0 Å². The van der Waals surface area contributed by atoms with Gasteiger partial charge in [-0.2, -0.15) is 0 Å². The van der Waals surface area contributed by atoms with E-state index in [1.807, 2.05) is 30.9 Å². The first-order valence-corrected chi connectivity index (χ1v) is 9.48. The molecule has 2 rings (SSSR count). The Morgan fingerprint density at radius 1 is 1.41 bits per heavy atom. The third-order valence-electron chi connectivity index (χ3n) is 3.90. The zero-order chi connectivity index (χ0) is 16.2. The molecule has 1 amide bonds. The highest BCUT2D eigenvalue weighted by Crippen LogP contribution is 2.11. The Balaban J connectivity index is 1.86. The summed E-state index contributed by atoms with van der Waals surface area (Å²) in [5.41, 5.74) is 2.38. The van der Waals surface area contributed by atoms with Gasteiger partial charge in [0.05, 0.1) is 18.1 Å². The standard InChI is InChI=1S/C16H24N2O3S/c1-3-18(10-14-6-4-5-13(2)9-14)11-16(19)17-15-7-8-22(20,21)12-15/h4-6,9,15H,3,7-8,10-12H2,1-2H3,(H,17,19). The molecule has 22 heavy (non-hydrogen) atoms. The summed E-state index contributed by atoms with van der Waals surface area (Å²) < 4.78 is 22.8. The summed E-state index contributed by atoms with van der Waals surface area (Å²) in [4.78, 5) is 14.1. The van der Waals surface area contributed by atoms with Crippen LogP contribution in [0.5, 0.6) is 0 Å². The van der Waals surface area contributed by atoms with Gasteiger partial charge in [0.25, 0.3) is 0 Å². The Morgan fingerprint density at radius 3 is 2.77 bits per heavy atom. The first-order valence-electron chi connectivity index (χ1n) is 7.65. The first kappa shape index (κ1) is 17.0. The minimum absolute atomic E-state index is 0.0722. The SMILES string of the molecule is CCN(CC(=O)NC1CCS(=O)(=O)C1)Cc1cccc(C)c1. The molecule has 1 heterocycles. The number of likely N-dealkylation sites (N-methyl/N-ethyl adjacent to an activating group) is 1. The van der Waals surface area contributed by atoms with Gasteiger partial charge in [-0.1, -0.05) is 36.8 Å². The van der Waals surface area contributed by atoms with Crippen molar-refractivity contribution in [3.63, 3.8) is 0 Å². The van der Waals surface area contributed by atoms with E-state index in [1.165, 1.54) is 11.1 Å². The van der Waals surface area contributed by atoms with Crippen LogP contribution in [0.3, 0.4) is 0 Å². The second-order valence-electron chi connectivity index (χ2n) is 5.96. The molecule has 1 aromatic rings. The number of nitrogens with one attached hydrogen (secondary N) is 1. The smallest absolute Gasteiger partial charge is 0.234 e. The van der Waals surface area contributed by atoms with Crippen LogP contribution in [0, 0.1) is 6.92 Å². The number of benzene rings is 1. The zero-order valence-electron chi connectivity index (χ0n) is 13.2. The number of amides is 1. The van der Waals surface area contributed by atoms with Crippen molar-refractivity contribution in [2.75, 3.05) is 24.6 Å². The fourth-order valence-electron chi connectivity index (χ4n) is 2.73. The van der Waals surface area contributed by atoms with Gasteiger partial charge in [0.2, 0.25) is 5.91 Å². The zero-order valence-corrected chi connectivity index (χ0v) is 14.0. The number of hydrogen-bond donors (Lipinski definition) is 1. The number of sulfone groups is 1. The second kappa shape index (κ2) is 7.24. The molecule has 1 aromatic carbocycles. The molecule has 1 saturated heterocycles. The summed E-state index contributed by atoms with van der Waals surface area (Å²) >= 11 is 0. The van der Waals surface area contributed by atoms with E-state index in [1.54, 1.807) is 0 Å². The molecule has 1 aliphatic heterocycles. The van der Waals surface area contributed by atoms with Gasteiger partial charge in [-0.3, -0.25) is 9.69 Å². The number of carbonyl (C=O) groups is 1. The molecule has 6 heteroatoms. The summed E-state index contributed by atoms with van der Waals surface area (Å²) in [6.07, 6.45) is 0.526. The average Bonchev–Trinajstić information content (AvgIpc) is 2.77. The highest BCUT2D eigenvalue weighted by atomic mass is 32.2. The van der Waals surface area contributed by atoms with E-state index in [2.05, 4.69) is 17.4 Å². The lowest BCUT2D eigenvalue weighted by Gasteiger charge is -2.21. The maximum atomic E-state index is 12.1. The fourth-order valence-corrected chi connectivity index (χ4v) is 4.41. The average molecular weight is 324 g/mol. The van der Waals surface area contributed by atoms with Gasteiger partial charge < -0.3 is 5.32 Å². The number of hydrogen-bond acceptors (Lipinski definition) is 4. The lowest BCUT2D eigenvalue weighted by molar-refractivity contribution is -0.122. The van der Waals surface area contributed by atoms with E-state index in [0.29, 0.717) is 19.5 Å². The molecule has 0 saturated carbocycles. The Morgan fingerprint density at radius 2 is 2.18 bits per heavy atom. The predicted octanol–water partition coefficient (Wildman–Crippen LogP) is 1.12. The largest absolute Gasteiger partial charge is 0.351 e. The summed E-state index contributed by atoms with van der Waals surface area (Å²) in [6, 6.07) is 8.01. The molecular weight excluding hydrogens is 300 g/mol. The third-order valence-corrected chi connectivity index (χ3v) is 5.67. The molecule has 1 fully saturated rings. The van der Waals surface area contributed by atoms with Crippen LogP contribution in [0.15, 0.2) is 24.3 Å². The van der Waals surface area contributed by atoms with Gasteiger partial charge in [0.1, 0.15) is 0 Å². The molecule has 1 unspecified atom stereocenters. The van der Waals surface area contributed by atoms with Crippen LogP contribution in [-0.2, 0) is 21.2 Å². The Bertz CT molecular complexity index is 628. The molecule has 0 aromatic heterocycles. The molecule has 0 radical (unpaired) electrons. The van der Waals surface area contributed by atoms with Crippen molar-refractivity contribution in [2.45, 2.75) is 32.9 Å². The topological polar surface area (TPSA) is 66.5 Å². The fraction of sp³-hybridized carbons (Fsp3) is 0.562. The van der Waals surface area contributed by atoms with E-state index in [-0.39, 0.29) is 23.5 Å². The molecule has 1 N–H and O–H groups in total. The predicted molar refractivity (Wildman–Crippen MR) is 87.3 cm³/mol. The molecule has 0 spiro atoms. The van der Waals surface area contributed by atoms with Gasteiger partial charge in [-0.25, -0.2) is 8.42 Å². The van der Waals surface area contributed by atoms with Crippen molar-refractivity contribution in [3.05, 3.63) is 35.4 Å².